The molecule has 0 aliphatic carbocycles. The molecule has 19 nitrogen and oxygen atoms in total. The maximum atomic E-state index is 13.0. The first-order valence-corrected chi connectivity index (χ1v) is 17.1. The zero-order valence-corrected chi connectivity index (χ0v) is 31.3. The van der Waals surface area contributed by atoms with Crippen molar-refractivity contribution < 1.29 is 57.4 Å². The predicted octanol–water partition coefficient (Wildman–Crippen LogP) is 0.292. The van der Waals surface area contributed by atoms with Crippen molar-refractivity contribution in [1.29, 1.82) is 0 Å². The van der Waals surface area contributed by atoms with Crippen molar-refractivity contribution in [1.82, 2.24) is 30.7 Å². The molecule has 1 aromatic rings. The molecule has 0 aromatic heterocycles. The number of carbonyl (C=O) groups is 9. The minimum Gasteiger partial charge on any atom is -0.453 e. The normalized spacial score (nSPS) is 13.1. The van der Waals surface area contributed by atoms with E-state index in [1.165, 1.54) is 30.9 Å². The minimum absolute atomic E-state index is 0.00775. The second-order valence-electron chi connectivity index (χ2n) is 12.5. The van der Waals surface area contributed by atoms with Crippen molar-refractivity contribution in [2.75, 3.05) is 59.4 Å². The Morgan fingerprint density at radius 2 is 1.37 bits per heavy atom. The summed E-state index contributed by atoms with van der Waals surface area (Å²) in [5.41, 5.74) is 1.10. The van der Waals surface area contributed by atoms with E-state index in [0.717, 1.165) is 12.2 Å². The smallest absolute Gasteiger partial charge is 0.409 e. The summed E-state index contributed by atoms with van der Waals surface area (Å²) in [5, 5.41) is 10.5. The first-order valence-electron chi connectivity index (χ1n) is 17.1. The van der Waals surface area contributed by atoms with Crippen LogP contribution in [-0.4, -0.2) is 134 Å². The van der Waals surface area contributed by atoms with Gasteiger partial charge in [-0.05, 0) is 30.5 Å². The van der Waals surface area contributed by atoms with E-state index in [2.05, 4.69) is 26.0 Å². The van der Waals surface area contributed by atoms with Gasteiger partial charge in [0.25, 0.3) is 11.8 Å². The maximum Gasteiger partial charge on any atom is 0.409 e. The van der Waals surface area contributed by atoms with Crippen LogP contribution < -0.4 is 21.3 Å². The van der Waals surface area contributed by atoms with Gasteiger partial charge in [0.15, 0.2) is 0 Å². The molecule has 0 unspecified atom stereocenters. The number of nitrogens with zero attached hydrogens (tertiary/aromatic N) is 3. The Morgan fingerprint density at radius 3 is 1.96 bits per heavy atom. The Bertz CT molecular complexity index is 1550. The SMILES string of the molecule is COC(=O)N(C)CCN(C)C(=O)OCc1ccc(NC(=O)[C@H](C)NC(=O)[C@@H](NC(=O)CCOCCNC(=O)CCC(=O)N2C(=O)C=CC2=O)C(C)C)cc1. The van der Waals surface area contributed by atoms with Gasteiger partial charge >= 0.3 is 12.2 Å². The molecule has 1 aliphatic heterocycles. The molecule has 1 heterocycles. The zero-order valence-electron chi connectivity index (χ0n) is 31.3. The van der Waals surface area contributed by atoms with Crippen LogP contribution in [0, 0.1) is 5.92 Å². The Balaban J connectivity index is 1.68. The third-order valence-corrected chi connectivity index (χ3v) is 7.84. The average molecular weight is 760 g/mol. The quantitative estimate of drug-likeness (QED) is 0.104. The second-order valence-corrected chi connectivity index (χ2v) is 12.5. The molecule has 0 bridgehead atoms. The minimum atomic E-state index is -0.955. The molecular weight excluding hydrogens is 710 g/mol. The van der Waals surface area contributed by atoms with Gasteiger partial charge in [-0.15, -0.1) is 0 Å². The molecular formula is C35H49N7O12. The van der Waals surface area contributed by atoms with Gasteiger partial charge in [-0.25, -0.2) is 14.5 Å². The van der Waals surface area contributed by atoms with Crippen molar-refractivity contribution in [3.8, 4) is 0 Å². The molecule has 0 radical (unpaired) electrons. The van der Waals surface area contributed by atoms with E-state index < -0.39 is 65.6 Å². The lowest BCUT2D eigenvalue weighted by molar-refractivity contribution is -0.149. The van der Waals surface area contributed by atoms with Gasteiger partial charge < -0.3 is 45.3 Å². The van der Waals surface area contributed by atoms with Gasteiger partial charge in [-0.1, -0.05) is 26.0 Å². The van der Waals surface area contributed by atoms with Crippen molar-refractivity contribution in [3.63, 3.8) is 0 Å². The summed E-state index contributed by atoms with van der Waals surface area (Å²) in [4.78, 5) is 112. The summed E-state index contributed by atoms with van der Waals surface area (Å²) in [6, 6.07) is 4.66. The lowest BCUT2D eigenvalue weighted by Gasteiger charge is -2.24. The Labute approximate surface area is 313 Å². The number of methoxy groups -OCH3 is 1. The van der Waals surface area contributed by atoms with Crippen LogP contribution in [0.25, 0.3) is 0 Å². The first kappa shape index (κ1) is 44.3. The molecule has 54 heavy (non-hydrogen) atoms. The van der Waals surface area contributed by atoms with E-state index in [0.29, 0.717) is 16.2 Å². The van der Waals surface area contributed by atoms with Crippen LogP contribution in [0.15, 0.2) is 36.4 Å². The van der Waals surface area contributed by atoms with E-state index >= 15 is 0 Å². The van der Waals surface area contributed by atoms with Crippen LogP contribution in [0.5, 0.6) is 0 Å². The number of hydrogen-bond donors (Lipinski definition) is 4. The lowest BCUT2D eigenvalue weighted by atomic mass is 10.0. The molecule has 2 atom stereocenters. The summed E-state index contributed by atoms with van der Waals surface area (Å²) >= 11 is 0. The van der Waals surface area contributed by atoms with E-state index in [1.54, 1.807) is 45.2 Å². The number of nitrogens with one attached hydrogen (secondary N) is 4. The Morgan fingerprint density at radius 1 is 0.759 bits per heavy atom. The first-order chi connectivity index (χ1) is 25.5. The van der Waals surface area contributed by atoms with Gasteiger partial charge in [-0.3, -0.25) is 33.6 Å². The fourth-order valence-electron chi connectivity index (χ4n) is 4.57. The highest BCUT2D eigenvalue weighted by Gasteiger charge is 2.30. The number of benzene rings is 1. The van der Waals surface area contributed by atoms with Gasteiger partial charge in [0.2, 0.25) is 29.5 Å². The van der Waals surface area contributed by atoms with Gasteiger partial charge in [0.1, 0.15) is 18.7 Å². The summed E-state index contributed by atoms with van der Waals surface area (Å²) in [6.45, 7) is 5.58. The number of ether oxygens (including phenoxy) is 3. The average Bonchev–Trinajstić information content (AvgIpc) is 3.48. The summed E-state index contributed by atoms with van der Waals surface area (Å²) in [7, 11) is 4.35. The predicted molar refractivity (Wildman–Crippen MR) is 191 cm³/mol. The number of anilines is 1. The van der Waals surface area contributed by atoms with Gasteiger partial charge in [-0.2, -0.15) is 0 Å². The number of amides is 9. The zero-order chi connectivity index (χ0) is 40.4. The number of rotatable bonds is 20. The van der Waals surface area contributed by atoms with E-state index in [4.69, 9.17) is 9.47 Å². The highest BCUT2D eigenvalue weighted by Crippen LogP contribution is 2.12. The van der Waals surface area contributed by atoms with Crippen molar-refractivity contribution in [2.45, 2.75) is 58.7 Å². The molecule has 0 saturated carbocycles. The summed E-state index contributed by atoms with van der Waals surface area (Å²) in [6.07, 6.45) is 0.221. The molecule has 19 heteroatoms. The molecule has 0 fully saturated rings. The number of carbonyl (C=O) groups excluding carboxylic acids is 9. The van der Waals surface area contributed by atoms with Gasteiger partial charge in [0.05, 0.1) is 20.3 Å². The molecule has 0 saturated heterocycles. The fourth-order valence-corrected chi connectivity index (χ4v) is 4.57. The molecule has 1 aromatic carbocycles. The summed E-state index contributed by atoms with van der Waals surface area (Å²) < 4.78 is 15.3. The Hall–Kier alpha value is -5.85. The second kappa shape index (κ2) is 22.3. The number of likely N-dealkylation sites (N-methyl/N-ethyl adjacent to an activating group) is 2. The number of hydrogen-bond acceptors (Lipinski definition) is 12. The topological polar surface area (TPSA) is 239 Å². The molecule has 0 spiro atoms. The van der Waals surface area contributed by atoms with Crippen molar-refractivity contribution in [3.05, 3.63) is 42.0 Å². The number of imide groups is 3. The van der Waals surface area contributed by atoms with Crippen LogP contribution in [0.2, 0.25) is 0 Å². The van der Waals surface area contributed by atoms with Crippen LogP contribution >= 0.6 is 0 Å². The highest BCUT2D eigenvalue weighted by atomic mass is 16.6. The third kappa shape index (κ3) is 15.0. The third-order valence-electron chi connectivity index (χ3n) is 7.84. The van der Waals surface area contributed by atoms with Crippen LogP contribution in [0.3, 0.4) is 0 Å². The van der Waals surface area contributed by atoms with Crippen molar-refractivity contribution in [2.24, 2.45) is 5.92 Å². The highest BCUT2D eigenvalue weighted by molar-refractivity contribution is 6.22. The van der Waals surface area contributed by atoms with Crippen LogP contribution in [0.4, 0.5) is 15.3 Å². The summed E-state index contributed by atoms with van der Waals surface area (Å²) in [5.74, 6) is -4.58. The van der Waals surface area contributed by atoms with Crippen LogP contribution in [-0.2, 0) is 54.4 Å². The monoisotopic (exact) mass is 759 g/mol. The Kier molecular flexibility index (Phi) is 18.3. The molecule has 2 rings (SSSR count). The van der Waals surface area contributed by atoms with Crippen LogP contribution in [0.1, 0.15) is 45.6 Å². The fraction of sp³-hybridized carbons (Fsp3) is 0.514. The molecule has 1 aliphatic rings. The van der Waals surface area contributed by atoms with E-state index in [-0.39, 0.29) is 64.6 Å². The largest absolute Gasteiger partial charge is 0.453 e. The van der Waals surface area contributed by atoms with Gasteiger partial charge in [0, 0.05) is 70.8 Å². The maximum absolute atomic E-state index is 13.0. The van der Waals surface area contributed by atoms with E-state index in [1.807, 2.05) is 0 Å². The van der Waals surface area contributed by atoms with E-state index in [9.17, 15) is 43.2 Å². The lowest BCUT2D eigenvalue weighted by Crippen LogP contribution is -2.53. The van der Waals surface area contributed by atoms with Crippen molar-refractivity contribution >= 4 is 59.2 Å². The molecule has 4 N–H and O–H groups in total. The molecule has 296 valence electrons. The molecule has 9 amide bonds. The standard InChI is InChI=1S/C35H49N7O12/c1-22(2)31(39-27(44)15-19-53-20-16-36-26(43)11-12-28(45)42-29(46)13-14-30(42)47)33(49)37-23(3)32(48)38-25-9-7-24(8-10-25)21-54-35(51)41(5)18-17-40(4)34(50)52-6/h7-10,13-14,22-23,31H,11-12,15-21H2,1-6H3,(H,36,43)(H,37,49)(H,38,48)(H,39,44)/t23-,31-/m0/s1.